The summed E-state index contributed by atoms with van der Waals surface area (Å²) in [5.41, 5.74) is 4.93. The van der Waals surface area contributed by atoms with Crippen molar-refractivity contribution in [3.63, 3.8) is 0 Å². The number of ether oxygens (including phenoxy) is 1. The van der Waals surface area contributed by atoms with Gasteiger partial charge in [0.15, 0.2) is 0 Å². The van der Waals surface area contributed by atoms with Gasteiger partial charge >= 0.3 is 0 Å². The van der Waals surface area contributed by atoms with Crippen LogP contribution in [0.15, 0.2) is 103 Å². The molecule has 0 N–H and O–H groups in total. The monoisotopic (exact) mass is 476 g/mol. The van der Waals surface area contributed by atoms with Crippen LogP contribution in [0.25, 0.3) is 32.7 Å². The van der Waals surface area contributed by atoms with Gasteiger partial charge in [-0.15, -0.1) is 0 Å². The van der Waals surface area contributed by atoms with Gasteiger partial charge in [-0.05, 0) is 49.8 Å². The first kappa shape index (κ1) is 23.6. The number of rotatable bonds is 7. The quantitative estimate of drug-likeness (QED) is 0.213. The zero-order valence-corrected chi connectivity index (χ0v) is 21.9. The van der Waals surface area contributed by atoms with Crippen molar-refractivity contribution in [3.05, 3.63) is 109 Å². The molecule has 0 aromatic heterocycles. The molecule has 0 spiro atoms. The molecule has 0 aliphatic heterocycles. The summed E-state index contributed by atoms with van der Waals surface area (Å²) in [5, 5.41) is 6.55. The van der Waals surface area contributed by atoms with Crippen LogP contribution in [0.1, 0.15) is 33.3 Å². The Bertz CT molecular complexity index is 1440. The van der Waals surface area contributed by atoms with Crippen LogP contribution in [-0.4, -0.2) is 11.3 Å². The first-order chi connectivity index (χ1) is 17.0. The number of hydrogen-bond acceptors (Lipinski definition) is 1. The van der Waals surface area contributed by atoms with Crippen LogP contribution in [-0.2, 0) is 6.61 Å². The van der Waals surface area contributed by atoms with Crippen LogP contribution in [0.4, 0.5) is 0 Å². The fourth-order valence-corrected chi connectivity index (χ4v) is 8.30. The largest absolute Gasteiger partial charge is 0.488 e. The molecule has 2 heteroatoms. The van der Waals surface area contributed by atoms with Crippen molar-refractivity contribution >= 4 is 34.8 Å². The van der Waals surface area contributed by atoms with Gasteiger partial charge in [0.1, 0.15) is 12.4 Å². The summed E-state index contributed by atoms with van der Waals surface area (Å²) in [6, 6.07) is 37.0. The van der Waals surface area contributed by atoms with Gasteiger partial charge in [-0.25, -0.2) is 0 Å². The van der Waals surface area contributed by atoms with Crippen LogP contribution in [0.3, 0.4) is 0 Å². The van der Waals surface area contributed by atoms with Crippen LogP contribution in [0.5, 0.6) is 5.75 Å². The highest BCUT2D eigenvalue weighted by Crippen LogP contribution is 2.50. The predicted molar refractivity (Wildman–Crippen MR) is 154 cm³/mol. The Labute approximate surface area is 210 Å². The van der Waals surface area contributed by atoms with Gasteiger partial charge in [0.25, 0.3) is 0 Å². The minimum absolute atomic E-state index is 0.368. The average Bonchev–Trinajstić information content (AvgIpc) is 2.87. The molecule has 0 heterocycles. The van der Waals surface area contributed by atoms with E-state index < -0.39 is 0 Å². The van der Waals surface area contributed by atoms with Gasteiger partial charge in [-0.2, -0.15) is 0 Å². The molecule has 0 saturated carbocycles. The van der Waals surface area contributed by atoms with Gasteiger partial charge in [0, 0.05) is 11.1 Å². The average molecular weight is 477 g/mol. The summed E-state index contributed by atoms with van der Waals surface area (Å²) >= 11 is 0. The zero-order valence-electron chi connectivity index (χ0n) is 21.0. The third-order valence-corrected chi connectivity index (χ3v) is 9.83. The normalized spacial score (nSPS) is 11.7. The van der Waals surface area contributed by atoms with E-state index in [1.165, 1.54) is 43.5 Å². The van der Waals surface area contributed by atoms with Gasteiger partial charge < -0.3 is 4.74 Å². The number of fused-ring (bicyclic) bond motifs is 2. The second kappa shape index (κ2) is 10.2. The molecule has 5 aromatic rings. The molecule has 176 valence electrons. The summed E-state index contributed by atoms with van der Waals surface area (Å²) in [6.07, 6.45) is 0. The maximum atomic E-state index is 6.60. The molecule has 0 aliphatic carbocycles. The van der Waals surface area contributed by atoms with Gasteiger partial charge in [-0.3, -0.25) is 0 Å². The fraction of sp³-hybridized carbons (Fsp3) is 0.212. The molecule has 5 aromatic carbocycles. The van der Waals surface area contributed by atoms with Crippen molar-refractivity contribution < 1.29 is 4.74 Å². The lowest BCUT2D eigenvalue weighted by atomic mass is 9.93. The smallest absolute Gasteiger partial charge is 0.128 e. The van der Waals surface area contributed by atoms with Crippen molar-refractivity contribution in [1.29, 1.82) is 0 Å². The Morgan fingerprint density at radius 1 is 0.571 bits per heavy atom. The molecule has 0 bridgehead atoms. The maximum Gasteiger partial charge on any atom is 0.128 e. The molecule has 0 unspecified atom stereocenters. The molecule has 0 atom stereocenters. The molecular weight excluding hydrogens is 443 g/mol. The number of hydrogen-bond donors (Lipinski definition) is 0. The van der Waals surface area contributed by atoms with E-state index in [4.69, 9.17) is 4.74 Å². The lowest BCUT2D eigenvalue weighted by Gasteiger charge is -2.30. The molecule has 1 nitrogen and oxygen atoms in total. The Kier molecular flexibility index (Phi) is 6.89. The molecule has 35 heavy (non-hydrogen) atoms. The Morgan fingerprint density at radius 3 is 1.74 bits per heavy atom. The maximum absolute atomic E-state index is 6.60. The van der Waals surface area contributed by atoms with Crippen LogP contribution < -0.4 is 10.0 Å². The van der Waals surface area contributed by atoms with Gasteiger partial charge in [0.2, 0.25) is 0 Å². The highest BCUT2D eigenvalue weighted by atomic mass is 31.1. The zero-order chi connectivity index (χ0) is 24.4. The fourth-order valence-electron chi connectivity index (χ4n) is 5.26. The van der Waals surface area contributed by atoms with Crippen molar-refractivity contribution in [1.82, 2.24) is 0 Å². The lowest BCUT2D eigenvalue weighted by molar-refractivity contribution is 0.308. The Morgan fingerprint density at radius 2 is 1.11 bits per heavy atom. The first-order valence-corrected chi connectivity index (χ1v) is 14.0. The van der Waals surface area contributed by atoms with E-state index in [-0.39, 0.29) is 7.92 Å². The Balaban J connectivity index is 1.81. The van der Waals surface area contributed by atoms with Crippen molar-refractivity contribution in [2.24, 2.45) is 0 Å². The SMILES string of the molecule is CC(C)P(c1ccc2ccccc2c1-c1c(OCc2ccccc2)ccc2ccccc12)C(C)C. The minimum Gasteiger partial charge on any atom is -0.488 e. The van der Waals surface area contributed by atoms with E-state index in [1.54, 1.807) is 0 Å². The topological polar surface area (TPSA) is 9.23 Å². The third-order valence-electron chi connectivity index (χ3n) is 6.68. The molecule has 0 amide bonds. The second-order valence-corrected chi connectivity index (χ2v) is 13.1. The Hall–Kier alpha value is -3.15. The van der Waals surface area contributed by atoms with Gasteiger partial charge in [-0.1, -0.05) is 133 Å². The van der Waals surface area contributed by atoms with Crippen LogP contribution in [0, 0.1) is 0 Å². The van der Waals surface area contributed by atoms with Crippen LogP contribution >= 0.6 is 7.92 Å². The summed E-state index contributed by atoms with van der Waals surface area (Å²) in [6.45, 7) is 10.1. The second-order valence-electron chi connectivity index (χ2n) is 9.71. The predicted octanol–water partition coefficient (Wildman–Crippen LogP) is 9.16. The highest BCUT2D eigenvalue weighted by molar-refractivity contribution is 7.67. The molecule has 0 aliphatic rings. The minimum atomic E-state index is -0.368. The molecule has 0 saturated heterocycles. The summed E-state index contributed by atoms with van der Waals surface area (Å²) in [4.78, 5) is 0. The standard InChI is InChI=1S/C33H33OP/c1-23(2)35(24(3)4)31-21-19-27-15-9-11-17-29(27)33(31)32-28-16-10-8-14-26(28)18-20-30(32)34-22-25-12-6-5-7-13-25/h5-21,23-24H,22H2,1-4H3. The first-order valence-electron chi connectivity index (χ1n) is 12.5. The van der Waals surface area contributed by atoms with E-state index in [9.17, 15) is 0 Å². The van der Waals surface area contributed by atoms with Crippen molar-refractivity contribution in [3.8, 4) is 16.9 Å². The summed E-state index contributed by atoms with van der Waals surface area (Å²) in [5.74, 6) is 0.951. The van der Waals surface area contributed by atoms with E-state index >= 15 is 0 Å². The lowest BCUT2D eigenvalue weighted by Crippen LogP contribution is -2.18. The molecule has 5 rings (SSSR count). The van der Waals surface area contributed by atoms with Crippen molar-refractivity contribution in [2.45, 2.75) is 45.6 Å². The summed E-state index contributed by atoms with van der Waals surface area (Å²) in [7, 11) is -0.368. The molecular formula is C33H33OP. The highest BCUT2D eigenvalue weighted by Gasteiger charge is 2.26. The van der Waals surface area contributed by atoms with Crippen molar-refractivity contribution in [2.75, 3.05) is 0 Å². The van der Waals surface area contributed by atoms with E-state index in [0.717, 1.165) is 5.75 Å². The molecule has 0 fully saturated rings. The number of benzene rings is 5. The third kappa shape index (κ3) is 4.71. The van der Waals surface area contributed by atoms with E-state index in [1.807, 2.05) is 6.07 Å². The van der Waals surface area contributed by atoms with Crippen LogP contribution in [0.2, 0.25) is 0 Å². The summed E-state index contributed by atoms with van der Waals surface area (Å²) < 4.78 is 6.60. The van der Waals surface area contributed by atoms with E-state index in [0.29, 0.717) is 17.9 Å². The van der Waals surface area contributed by atoms with E-state index in [2.05, 4.69) is 125 Å². The van der Waals surface area contributed by atoms with Gasteiger partial charge in [0.05, 0.1) is 0 Å². The molecule has 0 radical (unpaired) electrons.